The molecule has 4 rings (SSSR count). The van der Waals surface area contributed by atoms with E-state index in [-0.39, 0.29) is 5.91 Å². The lowest BCUT2D eigenvalue weighted by atomic mass is 10.1. The van der Waals surface area contributed by atoms with Gasteiger partial charge in [0.05, 0.1) is 14.2 Å². The molecule has 1 aliphatic heterocycles. The summed E-state index contributed by atoms with van der Waals surface area (Å²) in [6.45, 7) is 7.12. The van der Waals surface area contributed by atoms with Crippen LogP contribution in [0.5, 0.6) is 11.5 Å². The molecule has 1 fully saturated rings. The first-order valence-corrected chi connectivity index (χ1v) is 12.2. The average Bonchev–Trinajstić information content (AvgIpc) is 2.89. The molecule has 0 aliphatic carbocycles. The number of piperazine rings is 1. The van der Waals surface area contributed by atoms with Crippen LogP contribution in [-0.2, 0) is 13.1 Å². The molecule has 7 heteroatoms. The van der Waals surface area contributed by atoms with Crippen molar-refractivity contribution in [2.75, 3.05) is 45.3 Å². The van der Waals surface area contributed by atoms with Crippen molar-refractivity contribution in [2.24, 2.45) is 0 Å². The fraction of sp³-hybridized carbons (Fsp3) is 0.321. The first-order chi connectivity index (χ1) is 17.0. The summed E-state index contributed by atoms with van der Waals surface area (Å²) in [4.78, 5) is 17.4. The van der Waals surface area contributed by atoms with Gasteiger partial charge in [-0.05, 0) is 60.0 Å². The van der Waals surface area contributed by atoms with Crippen LogP contribution in [0.1, 0.15) is 27.0 Å². The number of hydrogen-bond acceptors (Lipinski definition) is 5. The molecule has 0 saturated carbocycles. The Morgan fingerprint density at radius 3 is 2.40 bits per heavy atom. The van der Waals surface area contributed by atoms with Gasteiger partial charge in [-0.2, -0.15) is 0 Å². The molecule has 0 aromatic heterocycles. The Bertz CT molecular complexity index is 1180. The van der Waals surface area contributed by atoms with E-state index in [9.17, 15) is 4.79 Å². The summed E-state index contributed by atoms with van der Waals surface area (Å²) >= 11 is 6.16. The normalized spacial score (nSPS) is 14.0. The number of aryl methyl sites for hydroxylation is 1. The molecular weight excluding hydrogens is 462 g/mol. The van der Waals surface area contributed by atoms with Crippen LogP contribution < -0.4 is 19.7 Å². The molecule has 0 radical (unpaired) electrons. The number of nitrogens with one attached hydrogen (secondary N) is 1. The molecular formula is C28H32ClN3O3. The quantitative estimate of drug-likeness (QED) is 0.483. The molecule has 184 valence electrons. The lowest BCUT2D eigenvalue weighted by Crippen LogP contribution is -2.46. The Balaban J connectivity index is 1.31. The number of nitrogens with zero attached hydrogens (tertiary/aromatic N) is 2. The van der Waals surface area contributed by atoms with Gasteiger partial charge in [-0.1, -0.05) is 35.9 Å². The molecule has 1 amide bonds. The molecule has 3 aromatic rings. The molecule has 0 spiro atoms. The fourth-order valence-electron chi connectivity index (χ4n) is 4.28. The van der Waals surface area contributed by atoms with E-state index in [1.165, 1.54) is 11.3 Å². The second-order valence-corrected chi connectivity index (χ2v) is 9.18. The van der Waals surface area contributed by atoms with Gasteiger partial charge >= 0.3 is 0 Å². The van der Waals surface area contributed by atoms with Gasteiger partial charge in [0.2, 0.25) is 0 Å². The van der Waals surface area contributed by atoms with Gasteiger partial charge < -0.3 is 19.7 Å². The Hall–Kier alpha value is -3.22. The molecule has 0 unspecified atom stereocenters. The summed E-state index contributed by atoms with van der Waals surface area (Å²) in [5, 5.41) is 3.60. The summed E-state index contributed by atoms with van der Waals surface area (Å²) in [6.07, 6.45) is 0. The number of rotatable bonds is 8. The maximum atomic E-state index is 12.5. The van der Waals surface area contributed by atoms with Gasteiger partial charge in [-0.3, -0.25) is 9.69 Å². The minimum Gasteiger partial charge on any atom is -0.493 e. The van der Waals surface area contributed by atoms with Crippen LogP contribution in [0.2, 0.25) is 5.02 Å². The van der Waals surface area contributed by atoms with Crippen LogP contribution in [0.4, 0.5) is 5.69 Å². The largest absolute Gasteiger partial charge is 0.493 e. The van der Waals surface area contributed by atoms with Crippen molar-refractivity contribution in [1.82, 2.24) is 10.2 Å². The van der Waals surface area contributed by atoms with Gasteiger partial charge in [-0.25, -0.2) is 0 Å². The van der Waals surface area contributed by atoms with Crippen molar-refractivity contribution in [2.45, 2.75) is 20.0 Å². The average molecular weight is 494 g/mol. The molecule has 0 bridgehead atoms. The van der Waals surface area contributed by atoms with E-state index >= 15 is 0 Å². The first-order valence-electron chi connectivity index (χ1n) is 11.8. The highest BCUT2D eigenvalue weighted by molar-refractivity contribution is 6.31. The van der Waals surface area contributed by atoms with E-state index in [0.717, 1.165) is 55.3 Å². The van der Waals surface area contributed by atoms with Gasteiger partial charge in [0.25, 0.3) is 5.91 Å². The smallest absolute Gasteiger partial charge is 0.251 e. The monoisotopic (exact) mass is 493 g/mol. The van der Waals surface area contributed by atoms with Gasteiger partial charge in [0.1, 0.15) is 0 Å². The maximum Gasteiger partial charge on any atom is 0.251 e. The predicted octanol–water partition coefficient (Wildman–Crippen LogP) is 4.92. The zero-order chi connectivity index (χ0) is 24.8. The second kappa shape index (κ2) is 11.5. The minimum atomic E-state index is -0.124. The Labute approximate surface area is 212 Å². The summed E-state index contributed by atoms with van der Waals surface area (Å²) in [5.74, 6) is 1.39. The van der Waals surface area contributed by atoms with Gasteiger partial charge in [0, 0.05) is 55.5 Å². The number of carbonyl (C=O) groups excluding carboxylic acids is 1. The Morgan fingerprint density at radius 1 is 0.914 bits per heavy atom. The minimum absolute atomic E-state index is 0.124. The highest BCUT2D eigenvalue weighted by atomic mass is 35.5. The third-order valence-corrected chi connectivity index (χ3v) is 6.80. The third-order valence-electron chi connectivity index (χ3n) is 6.39. The van der Waals surface area contributed by atoms with Crippen molar-refractivity contribution in [3.05, 3.63) is 87.9 Å². The highest BCUT2D eigenvalue weighted by Gasteiger charge is 2.18. The zero-order valence-electron chi connectivity index (χ0n) is 20.5. The predicted molar refractivity (Wildman–Crippen MR) is 141 cm³/mol. The van der Waals surface area contributed by atoms with Crippen molar-refractivity contribution < 1.29 is 14.3 Å². The van der Waals surface area contributed by atoms with Crippen LogP contribution >= 0.6 is 11.6 Å². The number of benzene rings is 3. The number of ether oxygens (including phenoxy) is 2. The summed E-state index contributed by atoms with van der Waals surface area (Å²) in [6, 6.07) is 19.9. The maximum absolute atomic E-state index is 12.5. The highest BCUT2D eigenvalue weighted by Crippen LogP contribution is 2.28. The van der Waals surface area contributed by atoms with Crippen molar-refractivity contribution in [1.29, 1.82) is 0 Å². The van der Waals surface area contributed by atoms with E-state index in [0.29, 0.717) is 17.1 Å². The van der Waals surface area contributed by atoms with Crippen molar-refractivity contribution >= 4 is 23.2 Å². The second-order valence-electron chi connectivity index (χ2n) is 8.77. The van der Waals surface area contributed by atoms with Crippen LogP contribution in [0, 0.1) is 6.92 Å². The number of amides is 1. The molecule has 3 aromatic carbocycles. The number of methoxy groups -OCH3 is 2. The molecule has 1 N–H and O–H groups in total. The van der Waals surface area contributed by atoms with E-state index in [1.807, 2.05) is 31.2 Å². The van der Waals surface area contributed by atoms with E-state index in [2.05, 4.69) is 39.4 Å². The number of halogens is 1. The molecule has 1 heterocycles. The summed E-state index contributed by atoms with van der Waals surface area (Å²) < 4.78 is 10.8. The van der Waals surface area contributed by atoms with Gasteiger partial charge in [0.15, 0.2) is 11.5 Å². The SMILES string of the molecule is COc1ccc(CN2CCN(c3cccc(CNC(=O)c4ccc(C)c(Cl)c4)c3)CC2)cc1OC. The fourth-order valence-corrected chi connectivity index (χ4v) is 4.46. The van der Waals surface area contributed by atoms with Crippen molar-refractivity contribution in [3.63, 3.8) is 0 Å². The third kappa shape index (κ3) is 6.27. The van der Waals surface area contributed by atoms with Crippen LogP contribution in [0.25, 0.3) is 0 Å². The topological polar surface area (TPSA) is 54.0 Å². The molecule has 1 saturated heterocycles. The lowest BCUT2D eigenvalue weighted by Gasteiger charge is -2.36. The zero-order valence-corrected chi connectivity index (χ0v) is 21.3. The Kier molecular flexibility index (Phi) is 8.16. The lowest BCUT2D eigenvalue weighted by molar-refractivity contribution is 0.0951. The molecule has 1 aliphatic rings. The Morgan fingerprint density at radius 2 is 1.69 bits per heavy atom. The van der Waals surface area contributed by atoms with E-state index < -0.39 is 0 Å². The van der Waals surface area contributed by atoms with Crippen molar-refractivity contribution in [3.8, 4) is 11.5 Å². The van der Waals surface area contributed by atoms with Gasteiger partial charge in [-0.15, -0.1) is 0 Å². The molecule has 6 nitrogen and oxygen atoms in total. The molecule has 0 atom stereocenters. The van der Waals surface area contributed by atoms with Crippen LogP contribution in [-0.4, -0.2) is 51.2 Å². The van der Waals surface area contributed by atoms with E-state index in [1.54, 1.807) is 26.4 Å². The standard InChI is InChI=1S/C28H32ClN3O3/c1-20-7-9-23(17-25(20)29)28(33)30-18-21-5-4-6-24(15-21)32-13-11-31(12-14-32)19-22-8-10-26(34-2)27(16-22)35-3/h4-10,15-17H,11-14,18-19H2,1-3H3,(H,30,33). The number of hydrogen-bond donors (Lipinski definition) is 1. The van der Waals surface area contributed by atoms with Crippen LogP contribution in [0.15, 0.2) is 60.7 Å². The van der Waals surface area contributed by atoms with E-state index in [4.69, 9.17) is 21.1 Å². The summed E-state index contributed by atoms with van der Waals surface area (Å²) in [7, 11) is 3.32. The number of carbonyl (C=O) groups is 1. The number of anilines is 1. The summed E-state index contributed by atoms with van der Waals surface area (Å²) in [5.41, 5.74) is 4.99. The van der Waals surface area contributed by atoms with Crippen LogP contribution in [0.3, 0.4) is 0 Å². The molecule has 35 heavy (non-hydrogen) atoms. The first kappa shape index (κ1) is 24.9.